The van der Waals surface area contributed by atoms with E-state index in [4.69, 9.17) is 9.47 Å². The van der Waals surface area contributed by atoms with Crippen LogP contribution in [0.1, 0.15) is 29.5 Å². The van der Waals surface area contributed by atoms with Crippen LogP contribution in [-0.4, -0.2) is 12.1 Å². The lowest BCUT2D eigenvalue weighted by atomic mass is 9.88. The Labute approximate surface area is 131 Å². The second kappa shape index (κ2) is 6.11. The molecule has 2 atom stereocenters. The molecule has 1 heterocycles. The summed E-state index contributed by atoms with van der Waals surface area (Å²) in [4.78, 5) is 0. The lowest BCUT2D eigenvalue weighted by Crippen LogP contribution is -2.50. The van der Waals surface area contributed by atoms with Crippen LogP contribution in [0.2, 0.25) is 0 Å². The fourth-order valence-corrected chi connectivity index (χ4v) is 3.09. The fraction of sp³-hybridized carbons (Fsp3) is 0.368. The van der Waals surface area contributed by atoms with Crippen molar-refractivity contribution < 1.29 is 9.47 Å². The zero-order valence-electron chi connectivity index (χ0n) is 12.6. The normalized spacial score (nSPS) is 22.9. The molecule has 2 aromatic rings. The van der Waals surface area contributed by atoms with Crippen molar-refractivity contribution in [1.82, 2.24) is 5.32 Å². The Kier molecular flexibility index (Phi) is 3.83. The van der Waals surface area contributed by atoms with Gasteiger partial charge in [0.25, 0.3) is 0 Å². The van der Waals surface area contributed by atoms with Gasteiger partial charge in [0.15, 0.2) is 0 Å². The maximum absolute atomic E-state index is 6.16. The molecule has 0 spiro atoms. The zero-order valence-corrected chi connectivity index (χ0v) is 12.6. The van der Waals surface area contributed by atoms with Gasteiger partial charge in [-0.15, -0.1) is 0 Å². The Morgan fingerprint density at radius 1 is 1.00 bits per heavy atom. The third-order valence-electron chi connectivity index (χ3n) is 4.60. The largest absolute Gasteiger partial charge is 0.489 e. The van der Waals surface area contributed by atoms with Gasteiger partial charge in [-0.1, -0.05) is 36.4 Å². The highest BCUT2D eigenvalue weighted by atomic mass is 16.5. The van der Waals surface area contributed by atoms with E-state index in [1.807, 2.05) is 0 Å². The molecule has 0 saturated heterocycles. The average Bonchev–Trinajstić information content (AvgIpc) is 3.00. The fourth-order valence-electron chi connectivity index (χ4n) is 3.09. The van der Waals surface area contributed by atoms with E-state index in [1.54, 1.807) is 0 Å². The van der Waals surface area contributed by atoms with Gasteiger partial charge in [0, 0.05) is 12.6 Å². The van der Waals surface area contributed by atoms with E-state index < -0.39 is 0 Å². The highest BCUT2D eigenvalue weighted by molar-refractivity contribution is 5.36. The predicted molar refractivity (Wildman–Crippen MR) is 85.7 cm³/mol. The summed E-state index contributed by atoms with van der Waals surface area (Å²) in [5, 5.41) is 3.61. The molecule has 4 rings (SSSR count). The molecule has 1 saturated carbocycles. The van der Waals surface area contributed by atoms with Crippen LogP contribution in [0, 0.1) is 0 Å². The second-order valence-corrected chi connectivity index (χ2v) is 6.13. The molecule has 0 radical (unpaired) electrons. The van der Waals surface area contributed by atoms with Gasteiger partial charge < -0.3 is 14.8 Å². The van der Waals surface area contributed by atoms with Gasteiger partial charge in [0.1, 0.15) is 11.9 Å². The Morgan fingerprint density at radius 3 is 2.68 bits per heavy atom. The quantitative estimate of drug-likeness (QED) is 0.917. The molecule has 22 heavy (non-hydrogen) atoms. The van der Waals surface area contributed by atoms with Gasteiger partial charge in [-0.2, -0.15) is 0 Å². The van der Waals surface area contributed by atoms with E-state index in [9.17, 15) is 0 Å². The highest BCUT2D eigenvalue weighted by Crippen LogP contribution is 2.29. The van der Waals surface area contributed by atoms with Crippen LogP contribution < -0.4 is 10.1 Å². The van der Waals surface area contributed by atoms with E-state index in [-0.39, 0.29) is 6.10 Å². The molecule has 114 valence electrons. The van der Waals surface area contributed by atoms with Crippen molar-refractivity contribution in [3.05, 3.63) is 65.2 Å². The van der Waals surface area contributed by atoms with E-state index in [1.165, 1.54) is 23.1 Å². The molecule has 0 unspecified atom stereocenters. The standard InChI is InChI=1S/C19H21NO2/c1-2-4-14(5-3-1)11-20-18-8-9-19(18)22-17-7-6-15-12-21-13-16(15)10-17/h1-7,10,18-20H,8-9,11-13H2/t18-,19-/m1/s1. The summed E-state index contributed by atoms with van der Waals surface area (Å²) in [6.45, 7) is 2.36. The van der Waals surface area contributed by atoms with E-state index in [0.717, 1.165) is 25.3 Å². The van der Waals surface area contributed by atoms with E-state index in [0.29, 0.717) is 12.6 Å². The van der Waals surface area contributed by atoms with E-state index in [2.05, 4.69) is 53.8 Å². The molecule has 2 aromatic carbocycles. The van der Waals surface area contributed by atoms with Crippen LogP contribution >= 0.6 is 0 Å². The van der Waals surface area contributed by atoms with Gasteiger partial charge >= 0.3 is 0 Å². The lowest BCUT2D eigenvalue weighted by Gasteiger charge is -2.37. The first-order valence-corrected chi connectivity index (χ1v) is 8.02. The lowest BCUT2D eigenvalue weighted by molar-refractivity contribution is 0.0716. The zero-order chi connectivity index (χ0) is 14.8. The molecule has 0 aromatic heterocycles. The van der Waals surface area contributed by atoms with Crippen LogP contribution in [0.25, 0.3) is 0 Å². The Morgan fingerprint density at radius 2 is 1.86 bits per heavy atom. The van der Waals surface area contributed by atoms with Gasteiger partial charge in [-0.05, 0) is 41.7 Å². The van der Waals surface area contributed by atoms with Gasteiger partial charge in [-0.3, -0.25) is 0 Å². The summed E-state index contributed by atoms with van der Waals surface area (Å²) in [6, 6.07) is 17.3. The Hall–Kier alpha value is -1.84. The number of fused-ring (bicyclic) bond motifs is 1. The van der Waals surface area contributed by atoms with Crippen molar-refractivity contribution in [2.75, 3.05) is 0 Å². The predicted octanol–water partition coefficient (Wildman–Crippen LogP) is 3.42. The summed E-state index contributed by atoms with van der Waals surface area (Å²) in [5.74, 6) is 0.973. The first-order valence-electron chi connectivity index (χ1n) is 8.02. The van der Waals surface area contributed by atoms with Crippen molar-refractivity contribution in [1.29, 1.82) is 0 Å². The molecular weight excluding hydrogens is 274 g/mol. The number of benzene rings is 2. The van der Waals surface area contributed by atoms with Crippen LogP contribution in [-0.2, 0) is 24.5 Å². The van der Waals surface area contributed by atoms with Gasteiger partial charge in [-0.25, -0.2) is 0 Å². The third kappa shape index (κ3) is 2.87. The number of rotatable bonds is 5. The molecule has 1 N–H and O–H groups in total. The molecule has 3 nitrogen and oxygen atoms in total. The van der Waals surface area contributed by atoms with Crippen molar-refractivity contribution in [2.45, 2.75) is 44.7 Å². The highest BCUT2D eigenvalue weighted by Gasteiger charge is 2.32. The van der Waals surface area contributed by atoms with Crippen molar-refractivity contribution in [3.63, 3.8) is 0 Å². The maximum atomic E-state index is 6.16. The SMILES string of the molecule is c1ccc(CN[C@@H]2CC[C@H]2Oc2ccc3c(c2)COC3)cc1. The molecule has 2 aliphatic rings. The first-order chi connectivity index (χ1) is 10.9. The maximum Gasteiger partial charge on any atom is 0.120 e. The molecule has 0 bridgehead atoms. The summed E-state index contributed by atoms with van der Waals surface area (Å²) in [6.07, 6.45) is 2.59. The molecule has 0 amide bonds. The van der Waals surface area contributed by atoms with Crippen LogP contribution in [0.3, 0.4) is 0 Å². The molecule has 1 aliphatic heterocycles. The number of nitrogens with one attached hydrogen (secondary N) is 1. The topological polar surface area (TPSA) is 30.5 Å². The number of hydrogen-bond acceptors (Lipinski definition) is 3. The number of hydrogen-bond donors (Lipinski definition) is 1. The molecule has 3 heteroatoms. The van der Waals surface area contributed by atoms with E-state index >= 15 is 0 Å². The minimum Gasteiger partial charge on any atom is -0.489 e. The Balaban J connectivity index is 1.33. The second-order valence-electron chi connectivity index (χ2n) is 6.13. The van der Waals surface area contributed by atoms with Crippen LogP contribution in [0.5, 0.6) is 5.75 Å². The summed E-state index contributed by atoms with van der Waals surface area (Å²) >= 11 is 0. The molecule has 1 aliphatic carbocycles. The smallest absolute Gasteiger partial charge is 0.120 e. The minimum absolute atomic E-state index is 0.282. The summed E-state index contributed by atoms with van der Waals surface area (Å²) < 4.78 is 11.6. The van der Waals surface area contributed by atoms with Gasteiger partial charge in [0.2, 0.25) is 0 Å². The first kappa shape index (κ1) is 13.8. The Bertz CT molecular complexity index is 641. The number of ether oxygens (including phenoxy) is 2. The van der Waals surface area contributed by atoms with Gasteiger partial charge in [0.05, 0.1) is 13.2 Å². The molecule has 1 fully saturated rings. The van der Waals surface area contributed by atoms with Crippen molar-refractivity contribution in [2.24, 2.45) is 0 Å². The summed E-state index contributed by atoms with van der Waals surface area (Å²) in [5.41, 5.74) is 3.88. The third-order valence-corrected chi connectivity index (χ3v) is 4.60. The monoisotopic (exact) mass is 295 g/mol. The van der Waals surface area contributed by atoms with Crippen molar-refractivity contribution in [3.8, 4) is 5.75 Å². The van der Waals surface area contributed by atoms with Crippen LogP contribution in [0.4, 0.5) is 0 Å². The summed E-state index contributed by atoms with van der Waals surface area (Å²) in [7, 11) is 0. The minimum atomic E-state index is 0.282. The van der Waals surface area contributed by atoms with Crippen LogP contribution in [0.15, 0.2) is 48.5 Å². The van der Waals surface area contributed by atoms with Crippen molar-refractivity contribution >= 4 is 0 Å². The average molecular weight is 295 g/mol. The molecular formula is C19H21NO2.